The van der Waals surface area contributed by atoms with E-state index in [4.69, 9.17) is 11.6 Å². The van der Waals surface area contributed by atoms with Crippen molar-refractivity contribution < 1.29 is 8.42 Å². The quantitative estimate of drug-likeness (QED) is 0.516. The van der Waals surface area contributed by atoms with Gasteiger partial charge in [0.1, 0.15) is 0 Å². The van der Waals surface area contributed by atoms with E-state index in [1.165, 1.54) is 4.31 Å². The molecule has 0 fully saturated rings. The third-order valence-corrected chi connectivity index (χ3v) is 5.73. The van der Waals surface area contributed by atoms with Crippen molar-refractivity contribution in [2.24, 2.45) is 0 Å². The molecular weight excluding hydrogens is 294 g/mol. The zero-order chi connectivity index (χ0) is 15.0. The van der Waals surface area contributed by atoms with Gasteiger partial charge in [-0.15, -0.1) is 11.6 Å². The first-order valence-electron chi connectivity index (χ1n) is 7.02. The van der Waals surface area contributed by atoms with Crippen LogP contribution in [0.1, 0.15) is 37.7 Å². The highest BCUT2D eigenvalue weighted by Crippen LogP contribution is 2.18. The van der Waals surface area contributed by atoms with Gasteiger partial charge in [-0.3, -0.25) is 0 Å². The van der Waals surface area contributed by atoms with Crippen LogP contribution in [0.3, 0.4) is 0 Å². The van der Waals surface area contributed by atoms with E-state index in [1.54, 1.807) is 7.05 Å². The lowest BCUT2D eigenvalue weighted by molar-refractivity contribution is 0.452. The van der Waals surface area contributed by atoms with E-state index < -0.39 is 10.0 Å². The monoisotopic (exact) mass is 317 g/mol. The lowest BCUT2D eigenvalue weighted by Crippen LogP contribution is -2.31. The van der Waals surface area contributed by atoms with Gasteiger partial charge in [-0.25, -0.2) is 12.7 Å². The van der Waals surface area contributed by atoms with E-state index in [9.17, 15) is 8.42 Å². The van der Waals surface area contributed by atoms with Crippen molar-refractivity contribution in [1.82, 2.24) is 4.31 Å². The Balaban J connectivity index is 2.51. The van der Waals surface area contributed by atoms with Gasteiger partial charge < -0.3 is 0 Å². The summed E-state index contributed by atoms with van der Waals surface area (Å²) in [6.07, 6.45) is 2.77. The predicted molar refractivity (Wildman–Crippen MR) is 85.8 cm³/mol. The number of benzene rings is 1. The lowest BCUT2D eigenvalue weighted by atomic mass is 10.0. The molecule has 0 spiro atoms. The molecule has 0 aliphatic carbocycles. The summed E-state index contributed by atoms with van der Waals surface area (Å²) < 4.78 is 26.0. The molecule has 0 saturated heterocycles. The number of nitrogens with zero attached hydrogens (tertiary/aromatic N) is 1. The Morgan fingerprint density at radius 2 is 1.80 bits per heavy atom. The Bertz CT molecular complexity index is 476. The minimum atomic E-state index is -3.19. The van der Waals surface area contributed by atoms with Crippen LogP contribution in [0.4, 0.5) is 0 Å². The first-order chi connectivity index (χ1) is 9.47. The van der Waals surface area contributed by atoms with Crippen molar-refractivity contribution >= 4 is 21.6 Å². The molecule has 114 valence electrons. The fourth-order valence-corrected chi connectivity index (χ4v) is 3.74. The van der Waals surface area contributed by atoms with E-state index in [1.807, 2.05) is 37.3 Å². The van der Waals surface area contributed by atoms with Gasteiger partial charge in [-0.05, 0) is 24.3 Å². The second-order valence-electron chi connectivity index (χ2n) is 5.16. The first kappa shape index (κ1) is 17.5. The predicted octanol–water partition coefficient (Wildman–Crippen LogP) is 3.46. The second kappa shape index (κ2) is 8.65. The van der Waals surface area contributed by atoms with E-state index >= 15 is 0 Å². The van der Waals surface area contributed by atoms with Gasteiger partial charge in [0, 0.05) is 19.5 Å². The van der Waals surface area contributed by atoms with Crippen LogP contribution >= 0.6 is 11.6 Å². The summed E-state index contributed by atoms with van der Waals surface area (Å²) >= 11 is 5.61. The van der Waals surface area contributed by atoms with Crippen LogP contribution in [0.5, 0.6) is 0 Å². The summed E-state index contributed by atoms with van der Waals surface area (Å²) in [7, 11) is -1.53. The van der Waals surface area contributed by atoms with Gasteiger partial charge in [0.05, 0.1) is 5.75 Å². The molecule has 1 rings (SSSR count). The highest BCUT2D eigenvalue weighted by molar-refractivity contribution is 7.89. The van der Waals surface area contributed by atoms with Crippen LogP contribution in [-0.4, -0.2) is 37.9 Å². The molecule has 0 amide bonds. The number of sulfonamides is 1. The molecule has 1 aromatic rings. The summed E-state index contributed by atoms with van der Waals surface area (Å²) in [5.41, 5.74) is 1.06. The molecule has 1 atom stereocenters. The number of alkyl halides is 1. The van der Waals surface area contributed by atoms with Crippen LogP contribution < -0.4 is 0 Å². The fourth-order valence-electron chi connectivity index (χ4n) is 2.07. The summed E-state index contributed by atoms with van der Waals surface area (Å²) in [4.78, 5) is 0. The highest BCUT2D eigenvalue weighted by Gasteiger charge is 2.21. The van der Waals surface area contributed by atoms with E-state index in [2.05, 4.69) is 0 Å². The van der Waals surface area contributed by atoms with Crippen LogP contribution in [0, 0.1) is 0 Å². The Morgan fingerprint density at radius 3 is 2.40 bits per heavy atom. The fraction of sp³-hybridized carbons (Fsp3) is 0.600. The Labute approximate surface area is 128 Å². The van der Waals surface area contributed by atoms with Crippen molar-refractivity contribution in [3.63, 3.8) is 0 Å². The third-order valence-electron chi connectivity index (χ3n) is 3.41. The topological polar surface area (TPSA) is 37.4 Å². The SMILES string of the molecule is CC(CS(=O)(=O)N(C)CCCCCCl)c1ccccc1. The van der Waals surface area contributed by atoms with Crippen molar-refractivity contribution in [2.75, 3.05) is 25.2 Å². The molecule has 1 aromatic carbocycles. The van der Waals surface area contributed by atoms with Gasteiger partial charge in [0.25, 0.3) is 0 Å². The van der Waals surface area contributed by atoms with Crippen molar-refractivity contribution in [1.29, 1.82) is 0 Å². The molecule has 0 aromatic heterocycles. The third kappa shape index (κ3) is 5.81. The van der Waals surface area contributed by atoms with Crippen LogP contribution in [0.2, 0.25) is 0 Å². The lowest BCUT2D eigenvalue weighted by Gasteiger charge is -2.20. The zero-order valence-corrected chi connectivity index (χ0v) is 13.8. The van der Waals surface area contributed by atoms with Gasteiger partial charge in [0.15, 0.2) is 0 Å². The van der Waals surface area contributed by atoms with Gasteiger partial charge in [-0.1, -0.05) is 43.7 Å². The standard InChI is InChI=1S/C15H24ClNO2S/c1-14(15-9-5-3-6-10-15)13-20(18,19)17(2)12-8-4-7-11-16/h3,5-6,9-10,14H,4,7-8,11-13H2,1-2H3. The molecule has 0 aliphatic rings. The molecule has 0 heterocycles. The number of rotatable bonds is 9. The molecular formula is C15H24ClNO2S. The average Bonchev–Trinajstić information content (AvgIpc) is 2.43. The molecule has 0 radical (unpaired) electrons. The molecule has 0 aliphatic heterocycles. The number of hydrogen-bond acceptors (Lipinski definition) is 2. The Morgan fingerprint density at radius 1 is 1.15 bits per heavy atom. The van der Waals surface area contributed by atoms with Crippen LogP contribution in [0.25, 0.3) is 0 Å². The smallest absolute Gasteiger partial charge is 0.212 e. The molecule has 20 heavy (non-hydrogen) atoms. The average molecular weight is 318 g/mol. The summed E-state index contributed by atoms with van der Waals surface area (Å²) in [6, 6.07) is 9.76. The molecule has 0 bridgehead atoms. The van der Waals surface area contributed by atoms with E-state index in [0.717, 1.165) is 24.8 Å². The first-order valence-corrected chi connectivity index (χ1v) is 9.16. The zero-order valence-electron chi connectivity index (χ0n) is 12.3. The maximum Gasteiger partial charge on any atom is 0.214 e. The Hall–Kier alpha value is -0.580. The van der Waals surface area contributed by atoms with Crippen molar-refractivity contribution in [2.45, 2.75) is 32.1 Å². The van der Waals surface area contributed by atoms with Gasteiger partial charge in [-0.2, -0.15) is 0 Å². The minimum absolute atomic E-state index is 0.00601. The maximum atomic E-state index is 12.3. The molecule has 0 saturated carbocycles. The van der Waals surface area contributed by atoms with Gasteiger partial charge >= 0.3 is 0 Å². The minimum Gasteiger partial charge on any atom is -0.212 e. The van der Waals surface area contributed by atoms with Crippen molar-refractivity contribution in [3.8, 4) is 0 Å². The molecule has 0 N–H and O–H groups in total. The summed E-state index contributed by atoms with van der Waals surface area (Å²) in [6.45, 7) is 2.52. The highest BCUT2D eigenvalue weighted by atomic mass is 35.5. The number of halogens is 1. The molecule has 1 unspecified atom stereocenters. The van der Waals surface area contributed by atoms with E-state index in [0.29, 0.717) is 12.4 Å². The Kier molecular flexibility index (Phi) is 7.56. The van der Waals surface area contributed by atoms with Crippen LogP contribution in [-0.2, 0) is 10.0 Å². The van der Waals surface area contributed by atoms with Crippen molar-refractivity contribution in [3.05, 3.63) is 35.9 Å². The van der Waals surface area contributed by atoms with Crippen LogP contribution in [0.15, 0.2) is 30.3 Å². The van der Waals surface area contributed by atoms with E-state index in [-0.39, 0.29) is 11.7 Å². The summed E-state index contributed by atoms with van der Waals surface area (Å²) in [5.74, 6) is 0.802. The largest absolute Gasteiger partial charge is 0.214 e. The normalized spacial score (nSPS) is 13.6. The summed E-state index contributed by atoms with van der Waals surface area (Å²) in [5, 5.41) is 0. The molecule has 5 heteroatoms. The number of unbranched alkanes of at least 4 members (excludes halogenated alkanes) is 2. The maximum absolute atomic E-state index is 12.3. The van der Waals surface area contributed by atoms with Gasteiger partial charge in [0.2, 0.25) is 10.0 Å². The number of hydrogen-bond donors (Lipinski definition) is 0. The molecule has 3 nitrogen and oxygen atoms in total. The second-order valence-corrected chi connectivity index (χ2v) is 7.66.